The number of hydrogen-bond acceptors (Lipinski definition) is 7. The molecule has 4 rings (SSSR count). The van der Waals surface area contributed by atoms with Gasteiger partial charge in [0, 0.05) is 19.3 Å². The second-order valence-electron chi connectivity index (χ2n) is 11.3. The molecule has 0 aromatic heterocycles. The van der Waals surface area contributed by atoms with E-state index in [0.29, 0.717) is 37.5 Å². The lowest BCUT2D eigenvalue weighted by atomic mass is 9.46. The van der Waals surface area contributed by atoms with Crippen molar-refractivity contribution in [1.82, 2.24) is 0 Å². The largest absolute Gasteiger partial charge is 0.469 e. The van der Waals surface area contributed by atoms with E-state index in [9.17, 15) is 28.7 Å². The Morgan fingerprint density at radius 1 is 1.03 bits per heavy atom. The van der Waals surface area contributed by atoms with Crippen molar-refractivity contribution in [3.63, 3.8) is 0 Å². The Morgan fingerprint density at radius 3 is 2.34 bits per heavy atom. The maximum atomic E-state index is 13.4. The van der Waals surface area contributed by atoms with Gasteiger partial charge < -0.3 is 19.3 Å². The second-order valence-corrected chi connectivity index (χ2v) is 12.5. The van der Waals surface area contributed by atoms with Crippen LogP contribution in [0, 0.1) is 28.6 Å². The van der Waals surface area contributed by atoms with Crippen molar-refractivity contribution in [2.75, 3.05) is 6.61 Å². The van der Waals surface area contributed by atoms with E-state index < -0.39 is 43.5 Å². The summed E-state index contributed by atoms with van der Waals surface area (Å²) < 4.78 is 27.3. The zero-order chi connectivity index (χ0) is 25.8. The lowest BCUT2D eigenvalue weighted by Gasteiger charge is -2.59. The molecule has 3 fully saturated rings. The Hall–Kier alpha value is -1.54. The Kier molecular flexibility index (Phi) is 6.89. The zero-order valence-electron chi connectivity index (χ0n) is 21.0. The van der Waals surface area contributed by atoms with E-state index >= 15 is 0 Å². The predicted octanol–water partition coefficient (Wildman–Crippen LogP) is 3.86. The number of carbonyl (C=O) groups excluding carboxylic acids is 3. The number of hydrogen-bond donors (Lipinski definition) is 2. The molecule has 0 radical (unpaired) electrons. The molecule has 0 aromatic rings. The summed E-state index contributed by atoms with van der Waals surface area (Å²) in [6, 6.07) is 0. The van der Waals surface area contributed by atoms with Crippen LogP contribution in [0.15, 0.2) is 11.6 Å². The second kappa shape index (κ2) is 9.09. The van der Waals surface area contributed by atoms with Gasteiger partial charge >= 0.3 is 19.8 Å². The van der Waals surface area contributed by atoms with Gasteiger partial charge in [0.05, 0.1) is 6.10 Å². The number of fused-ring (bicyclic) bond motifs is 5. The Morgan fingerprint density at radius 2 is 1.71 bits per heavy atom. The fraction of sp³-hybridized carbons (Fsp3) is 0.800. The van der Waals surface area contributed by atoms with Gasteiger partial charge in [-0.25, -0.2) is 4.57 Å². The van der Waals surface area contributed by atoms with Crippen LogP contribution in [-0.2, 0) is 32.9 Å². The van der Waals surface area contributed by atoms with Gasteiger partial charge in [-0.3, -0.25) is 18.9 Å². The molecule has 196 valence electrons. The average Bonchev–Trinajstić information content (AvgIpc) is 3.04. The molecule has 0 aromatic carbocycles. The molecule has 0 saturated heterocycles. The summed E-state index contributed by atoms with van der Waals surface area (Å²) in [7, 11) is -4.54. The molecule has 4 aliphatic carbocycles. The third-order valence-corrected chi connectivity index (χ3v) is 10.2. The molecule has 0 spiro atoms. The number of esters is 2. The summed E-state index contributed by atoms with van der Waals surface area (Å²) in [4.78, 5) is 55.5. The standard InChI is InChI=1S/C25H37O9P/c1-15(26)32-14-22(28)25(33-16(2)27)12-9-21-19-6-5-17-13-18(34-35(29,30)31)7-10-23(17,3)20(19)8-11-24(21,25)4/h5,18-21H,6-14H2,1-4H3,(H2,29,30,31)/t18-,19-,20-,21+,23-,24-,25-/m0/s1. The Labute approximate surface area is 206 Å². The molecule has 2 N–H and O–H groups in total. The van der Waals surface area contributed by atoms with Crippen molar-refractivity contribution < 1.29 is 42.7 Å². The van der Waals surface area contributed by atoms with Gasteiger partial charge in [-0.2, -0.15) is 0 Å². The SMILES string of the molecule is CC(=O)OCC(=O)[C@@]1(OC(C)=O)CC[C@@H]2[C@H]3CC=C4C[C@@H](OP(=O)(O)O)CC[C@]4(C)[C@H]3CC[C@@]21C. The first-order chi connectivity index (χ1) is 16.2. The van der Waals surface area contributed by atoms with E-state index in [0.717, 1.165) is 25.7 Å². The molecule has 0 aliphatic heterocycles. The number of phosphoric acid groups is 1. The van der Waals surface area contributed by atoms with Gasteiger partial charge in [-0.05, 0) is 74.5 Å². The number of carbonyl (C=O) groups is 3. The molecule has 35 heavy (non-hydrogen) atoms. The average molecular weight is 513 g/mol. The van der Waals surface area contributed by atoms with E-state index in [1.807, 2.05) is 0 Å². The highest BCUT2D eigenvalue weighted by Gasteiger charge is 2.68. The van der Waals surface area contributed by atoms with Crippen LogP contribution in [0.3, 0.4) is 0 Å². The smallest absolute Gasteiger partial charge is 0.458 e. The topological polar surface area (TPSA) is 136 Å². The van der Waals surface area contributed by atoms with Crippen molar-refractivity contribution in [3.05, 3.63) is 11.6 Å². The van der Waals surface area contributed by atoms with Gasteiger partial charge in [0.15, 0.2) is 12.2 Å². The Bertz CT molecular complexity index is 985. The van der Waals surface area contributed by atoms with Gasteiger partial charge in [-0.1, -0.05) is 25.5 Å². The molecule has 10 heteroatoms. The van der Waals surface area contributed by atoms with Crippen LogP contribution in [0.1, 0.15) is 79.1 Å². The lowest BCUT2D eigenvalue weighted by Crippen LogP contribution is -2.59. The van der Waals surface area contributed by atoms with Crippen LogP contribution in [-0.4, -0.2) is 45.8 Å². The number of phosphoric ester groups is 1. The third kappa shape index (κ3) is 4.54. The van der Waals surface area contributed by atoms with Crippen molar-refractivity contribution in [2.45, 2.75) is 90.8 Å². The third-order valence-electron chi connectivity index (χ3n) is 9.64. The summed E-state index contributed by atoms with van der Waals surface area (Å²) in [5.74, 6) is -0.559. The van der Waals surface area contributed by atoms with Crippen LogP contribution >= 0.6 is 7.82 Å². The summed E-state index contributed by atoms with van der Waals surface area (Å²) >= 11 is 0. The Balaban J connectivity index is 1.61. The number of Topliss-reactive ketones (excluding diaryl/α,β-unsaturated/α-hetero) is 1. The maximum Gasteiger partial charge on any atom is 0.469 e. The molecule has 0 bridgehead atoms. The molecule has 4 aliphatic rings. The van der Waals surface area contributed by atoms with Crippen LogP contribution in [0.2, 0.25) is 0 Å². The van der Waals surface area contributed by atoms with Crippen LogP contribution < -0.4 is 0 Å². The number of ether oxygens (including phenoxy) is 2. The normalized spacial score (nSPS) is 40.6. The van der Waals surface area contributed by atoms with E-state index in [-0.39, 0.29) is 17.1 Å². The molecular weight excluding hydrogens is 475 g/mol. The first kappa shape index (κ1) is 26.5. The molecule has 3 saturated carbocycles. The van der Waals surface area contributed by atoms with Crippen molar-refractivity contribution in [2.24, 2.45) is 28.6 Å². The quantitative estimate of drug-likeness (QED) is 0.309. The van der Waals surface area contributed by atoms with Gasteiger partial charge in [0.2, 0.25) is 5.78 Å². The zero-order valence-corrected chi connectivity index (χ0v) is 21.8. The van der Waals surface area contributed by atoms with Crippen LogP contribution in [0.4, 0.5) is 0 Å². The minimum Gasteiger partial charge on any atom is -0.458 e. The molecule has 9 nitrogen and oxygen atoms in total. The van der Waals surface area contributed by atoms with E-state index in [2.05, 4.69) is 19.9 Å². The van der Waals surface area contributed by atoms with Gasteiger partial charge in [0.1, 0.15) is 0 Å². The first-order valence-electron chi connectivity index (χ1n) is 12.5. The number of rotatable bonds is 6. The summed E-state index contributed by atoms with van der Waals surface area (Å²) in [6.45, 7) is 6.48. The van der Waals surface area contributed by atoms with Crippen molar-refractivity contribution >= 4 is 25.5 Å². The van der Waals surface area contributed by atoms with E-state index in [4.69, 9.17) is 14.0 Å². The highest BCUT2D eigenvalue weighted by molar-refractivity contribution is 7.46. The number of ketones is 1. The highest BCUT2D eigenvalue weighted by Crippen LogP contribution is 2.68. The van der Waals surface area contributed by atoms with Gasteiger partial charge in [0.25, 0.3) is 0 Å². The molecule has 0 amide bonds. The maximum absolute atomic E-state index is 13.4. The molecule has 7 atom stereocenters. The van der Waals surface area contributed by atoms with Crippen molar-refractivity contribution in [1.29, 1.82) is 0 Å². The molecule has 0 unspecified atom stereocenters. The van der Waals surface area contributed by atoms with Gasteiger partial charge in [-0.15, -0.1) is 0 Å². The minimum absolute atomic E-state index is 0.0898. The fourth-order valence-electron chi connectivity index (χ4n) is 8.12. The van der Waals surface area contributed by atoms with E-state index in [1.54, 1.807) is 0 Å². The molecule has 0 heterocycles. The summed E-state index contributed by atoms with van der Waals surface area (Å²) in [6.07, 6.45) is 7.18. The monoisotopic (exact) mass is 512 g/mol. The van der Waals surface area contributed by atoms with E-state index in [1.165, 1.54) is 19.4 Å². The highest BCUT2D eigenvalue weighted by atomic mass is 31.2. The summed E-state index contributed by atoms with van der Waals surface area (Å²) in [5.41, 5.74) is -0.737. The first-order valence-corrected chi connectivity index (χ1v) is 14.0. The van der Waals surface area contributed by atoms with Crippen molar-refractivity contribution in [3.8, 4) is 0 Å². The number of allylic oxidation sites excluding steroid dienone is 1. The van der Waals surface area contributed by atoms with Crippen LogP contribution in [0.25, 0.3) is 0 Å². The predicted molar refractivity (Wildman–Crippen MR) is 125 cm³/mol. The molecular formula is C25H37O9P. The lowest BCUT2D eigenvalue weighted by molar-refractivity contribution is -0.190. The minimum atomic E-state index is -4.54. The summed E-state index contributed by atoms with van der Waals surface area (Å²) in [5, 5.41) is 0. The van der Waals surface area contributed by atoms with Crippen LogP contribution in [0.5, 0.6) is 0 Å². The fourth-order valence-corrected chi connectivity index (χ4v) is 8.69.